The highest BCUT2D eigenvalue weighted by atomic mass is 16.2. The van der Waals surface area contributed by atoms with E-state index in [1.165, 1.54) is 25.7 Å². The van der Waals surface area contributed by atoms with Crippen LogP contribution in [0.25, 0.3) is 0 Å². The van der Waals surface area contributed by atoms with Crippen LogP contribution in [-0.2, 0) is 0 Å². The maximum absolute atomic E-state index is 12.5. The number of nitrogens with one attached hydrogen (secondary N) is 1. The van der Waals surface area contributed by atoms with Crippen molar-refractivity contribution in [2.24, 2.45) is 11.8 Å². The molecule has 102 valence electrons. The van der Waals surface area contributed by atoms with Crippen molar-refractivity contribution in [3.05, 3.63) is 23.9 Å². The monoisotopic (exact) mass is 259 g/mol. The van der Waals surface area contributed by atoms with E-state index in [0.29, 0.717) is 0 Å². The Labute approximate surface area is 114 Å². The molecule has 19 heavy (non-hydrogen) atoms. The van der Waals surface area contributed by atoms with Gasteiger partial charge in [-0.05, 0) is 36.8 Å². The van der Waals surface area contributed by atoms with Gasteiger partial charge in [-0.3, -0.25) is 4.79 Å². The number of likely N-dealkylation sites (tertiary alicyclic amines) is 1. The summed E-state index contributed by atoms with van der Waals surface area (Å²) in [5, 5.41) is 2.98. The highest BCUT2D eigenvalue weighted by Crippen LogP contribution is 2.36. The predicted octanol–water partition coefficient (Wildman–Crippen LogP) is 2.39. The van der Waals surface area contributed by atoms with E-state index in [1.807, 2.05) is 24.1 Å². The van der Waals surface area contributed by atoms with Gasteiger partial charge in [-0.25, -0.2) is 4.98 Å². The van der Waals surface area contributed by atoms with Gasteiger partial charge in [0.1, 0.15) is 5.82 Å². The highest BCUT2D eigenvalue weighted by Gasteiger charge is 2.36. The minimum absolute atomic E-state index is 0.160. The zero-order valence-electron chi connectivity index (χ0n) is 11.4. The second kappa shape index (κ2) is 5.19. The number of carbonyl (C=O) groups excluding carboxylic acids is 1. The minimum atomic E-state index is 0.160. The van der Waals surface area contributed by atoms with E-state index in [1.54, 1.807) is 6.20 Å². The van der Waals surface area contributed by atoms with Gasteiger partial charge in [0.2, 0.25) is 0 Å². The summed E-state index contributed by atoms with van der Waals surface area (Å²) in [6.07, 6.45) is 6.96. The Morgan fingerprint density at radius 1 is 1.32 bits per heavy atom. The van der Waals surface area contributed by atoms with Gasteiger partial charge in [0, 0.05) is 31.9 Å². The minimum Gasteiger partial charge on any atom is -0.373 e. The molecule has 1 aliphatic heterocycles. The van der Waals surface area contributed by atoms with Crippen molar-refractivity contribution in [2.75, 3.05) is 25.5 Å². The van der Waals surface area contributed by atoms with Crippen molar-refractivity contribution in [2.45, 2.75) is 25.7 Å². The van der Waals surface area contributed by atoms with Crippen LogP contribution in [0.1, 0.15) is 36.0 Å². The first-order valence-electron chi connectivity index (χ1n) is 7.21. The summed E-state index contributed by atoms with van der Waals surface area (Å²) in [5.41, 5.74) is 0.748. The number of pyridine rings is 1. The molecule has 0 aromatic carbocycles. The molecule has 1 saturated carbocycles. The van der Waals surface area contributed by atoms with Crippen molar-refractivity contribution in [3.8, 4) is 0 Å². The SMILES string of the molecule is CNc1cc(C(=O)N2C[C@H]3CCCC[C@H]3C2)ccn1. The lowest BCUT2D eigenvalue weighted by Gasteiger charge is -2.22. The van der Waals surface area contributed by atoms with Gasteiger partial charge < -0.3 is 10.2 Å². The fourth-order valence-electron chi connectivity index (χ4n) is 3.45. The fraction of sp³-hybridized carbons (Fsp3) is 0.600. The molecule has 0 bridgehead atoms. The molecule has 2 heterocycles. The molecular formula is C15H21N3O. The molecule has 4 heteroatoms. The third-order valence-electron chi connectivity index (χ3n) is 4.53. The predicted molar refractivity (Wildman–Crippen MR) is 75.1 cm³/mol. The molecule has 0 unspecified atom stereocenters. The van der Waals surface area contributed by atoms with Gasteiger partial charge in [0.05, 0.1) is 0 Å². The number of hydrogen-bond donors (Lipinski definition) is 1. The number of anilines is 1. The van der Waals surface area contributed by atoms with Crippen molar-refractivity contribution >= 4 is 11.7 Å². The van der Waals surface area contributed by atoms with Gasteiger partial charge in [0.25, 0.3) is 5.91 Å². The summed E-state index contributed by atoms with van der Waals surface area (Å²) in [4.78, 5) is 18.7. The van der Waals surface area contributed by atoms with Crippen molar-refractivity contribution in [1.82, 2.24) is 9.88 Å². The lowest BCUT2D eigenvalue weighted by atomic mass is 9.82. The first-order chi connectivity index (χ1) is 9.28. The van der Waals surface area contributed by atoms with Crippen LogP contribution in [0.3, 0.4) is 0 Å². The van der Waals surface area contributed by atoms with Crippen LogP contribution in [0.5, 0.6) is 0 Å². The Kier molecular flexibility index (Phi) is 3.40. The Balaban J connectivity index is 1.73. The molecular weight excluding hydrogens is 238 g/mol. The Morgan fingerprint density at radius 3 is 2.63 bits per heavy atom. The zero-order chi connectivity index (χ0) is 13.2. The molecule has 1 aromatic rings. The zero-order valence-corrected chi connectivity index (χ0v) is 11.4. The summed E-state index contributed by atoms with van der Waals surface area (Å²) in [6.45, 7) is 1.89. The number of rotatable bonds is 2. The lowest BCUT2D eigenvalue weighted by Crippen LogP contribution is -2.29. The lowest BCUT2D eigenvalue weighted by molar-refractivity contribution is 0.0784. The third-order valence-corrected chi connectivity index (χ3v) is 4.53. The molecule has 3 rings (SSSR count). The average molecular weight is 259 g/mol. The average Bonchev–Trinajstić information content (AvgIpc) is 2.90. The highest BCUT2D eigenvalue weighted by molar-refractivity contribution is 5.95. The quantitative estimate of drug-likeness (QED) is 0.887. The number of carbonyl (C=O) groups is 1. The van der Waals surface area contributed by atoms with E-state index in [4.69, 9.17) is 0 Å². The summed E-state index contributed by atoms with van der Waals surface area (Å²) < 4.78 is 0. The van der Waals surface area contributed by atoms with E-state index < -0.39 is 0 Å². The second-order valence-corrected chi connectivity index (χ2v) is 5.69. The number of aromatic nitrogens is 1. The molecule has 2 fully saturated rings. The first-order valence-corrected chi connectivity index (χ1v) is 7.21. The van der Waals surface area contributed by atoms with Crippen LogP contribution in [0.15, 0.2) is 18.3 Å². The van der Waals surface area contributed by atoms with E-state index in [9.17, 15) is 4.79 Å². The van der Waals surface area contributed by atoms with Crippen LogP contribution in [0.4, 0.5) is 5.82 Å². The molecule has 1 aromatic heterocycles. The van der Waals surface area contributed by atoms with Gasteiger partial charge >= 0.3 is 0 Å². The van der Waals surface area contributed by atoms with Crippen LogP contribution in [0.2, 0.25) is 0 Å². The third kappa shape index (κ3) is 2.44. The maximum Gasteiger partial charge on any atom is 0.254 e. The summed E-state index contributed by atoms with van der Waals surface area (Å²) >= 11 is 0. The normalized spacial score (nSPS) is 26.1. The first kappa shape index (κ1) is 12.5. The van der Waals surface area contributed by atoms with E-state index >= 15 is 0 Å². The summed E-state index contributed by atoms with van der Waals surface area (Å²) in [7, 11) is 1.82. The molecule has 1 saturated heterocycles. The molecule has 0 spiro atoms. The van der Waals surface area contributed by atoms with Crippen molar-refractivity contribution in [1.29, 1.82) is 0 Å². The summed E-state index contributed by atoms with van der Waals surface area (Å²) in [5.74, 6) is 2.39. The number of fused-ring (bicyclic) bond motifs is 1. The van der Waals surface area contributed by atoms with E-state index in [2.05, 4.69) is 10.3 Å². The molecule has 1 aliphatic carbocycles. The van der Waals surface area contributed by atoms with Gasteiger partial charge in [-0.2, -0.15) is 0 Å². The smallest absolute Gasteiger partial charge is 0.254 e. The van der Waals surface area contributed by atoms with Crippen molar-refractivity contribution < 1.29 is 4.79 Å². The molecule has 2 aliphatic rings. The number of hydrogen-bond acceptors (Lipinski definition) is 3. The second-order valence-electron chi connectivity index (χ2n) is 5.69. The molecule has 1 amide bonds. The Bertz CT molecular complexity index is 460. The molecule has 2 atom stereocenters. The van der Waals surface area contributed by atoms with Gasteiger partial charge in [-0.1, -0.05) is 12.8 Å². The van der Waals surface area contributed by atoms with E-state index in [-0.39, 0.29) is 5.91 Å². The molecule has 1 N–H and O–H groups in total. The Hall–Kier alpha value is -1.58. The van der Waals surface area contributed by atoms with Crippen LogP contribution < -0.4 is 5.32 Å². The van der Waals surface area contributed by atoms with Crippen LogP contribution in [0, 0.1) is 11.8 Å². The van der Waals surface area contributed by atoms with Crippen molar-refractivity contribution in [3.63, 3.8) is 0 Å². The molecule has 4 nitrogen and oxygen atoms in total. The van der Waals surface area contributed by atoms with Gasteiger partial charge in [0.15, 0.2) is 0 Å². The van der Waals surface area contributed by atoms with Crippen LogP contribution in [-0.4, -0.2) is 35.9 Å². The largest absolute Gasteiger partial charge is 0.373 e. The summed E-state index contributed by atoms with van der Waals surface area (Å²) in [6, 6.07) is 3.65. The standard InChI is InChI=1S/C15H21N3O/c1-16-14-8-11(6-7-17-14)15(19)18-9-12-4-2-3-5-13(12)10-18/h6-8,12-13H,2-5,9-10H2,1H3,(H,16,17)/t12-,13+. The fourth-order valence-corrected chi connectivity index (χ4v) is 3.45. The topological polar surface area (TPSA) is 45.2 Å². The Morgan fingerprint density at radius 2 is 2.00 bits per heavy atom. The molecule has 0 radical (unpaired) electrons. The van der Waals surface area contributed by atoms with E-state index in [0.717, 1.165) is 36.3 Å². The number of amides is 1. The number of nitrogens with zero attached hydrogens (tertiary/aromatic N) is 2. The maximum atomic E-state index is 12.5. The van der Waals surface area contributed by atoms with Gasteiger partial charge in [-0.15, -0.1) is 0 Å². The van der Waals surface area contributed by atoms with Crippen LogP contribution >= 0.6 is 0 Å².